The fraction of sp³-hybridized carbons (Fsp3) is 0.455. The SMILES string of the molecule is CC(O)CNCCNS(=O)(=O)c1ccc(F)c(F)c1. The van der Waals surface area contributed by atoms with E-state index in [2.05, 4.69) is 10.0 Å². The van der Waals surface area contributed by atoms with Gasteiger partial charge in [0.2, 0.25) is 10.0 Å². The van der Waals surface area contributed by atoms with Crippen molar-refractivity contribution in [2.45, 2.75) is 17.9 Å². The Morgan fingerprint density at radius 1 is 1.26 bits per heavy atom. The fourth-order valence-corrected chi connectivity index (χ4v) is 2.36. The molecule has 1 rings (SSSR count). The summed E-state index contributed by atoms with van der Waals surface area (Å²) in [5, 5.41) is 11.8. The van der Waals surface area contributed by atoms with Gasteiger partial charge in [-0.05, 0) is 25.1 Å². The van der Waals surface area contributed by atoms with Crippen molar-refractivity contribution in [2.24, 2.45) is 0 Å². The standard InChI is InChI=1S/C11H16F2N2O3S/c1-8(16)7-14-4-5-15-19(17,18)9-2-3-10(12)11(13)6-9/h2-3,6,8,14-16H,4-5,7H2,1H3. The van der Waals surface area contributed by atoms with Crippen LogP contribution < -0.4 is 10.0 Å². The first-order valence-electron chi connectivity index (χ1n) is 5.66. The quantitative estimate of drug-likeness (QED) is 0.628. The first-order valence-corrected chi connectivity index (χ1v) is 7.15. The number of hydrogen-bond acceptors (Lipinski definition) is 4. The number of sulfonamides is 1. The first-order chi connectivity index (χ1) is 8.83. The second-order valence-electron chi connectivity index (χ2n) is 4.03. The number of halogens is 2. The van der Waals surface area contributed by atoms with Crippen molar-refractivity contribution in [3.8, 4) is 0 Å². The van der Waals surface area contributed by atoms with E-state index in [4.69, 9.17) is 5.11 Å². The van der Waals surface area contributed by atoms with E-state index in [9.17, 15) is 17.2 Å². The predicted molar refractivity (Wildman–Crippen MR) is 66.1 cm³/mol. The van der Waals surface area contributed by atoms with Gasteiger partial charge in [0.1, 0.15) is 0 Å². The molecule has 0 aromatic heterocycles. The third-order valence-corrected chi connectivity index (χ3v) is 3.69. The molecule has 1 unspecified atom stereocenters. The van der Waals surface area contributed by atoms with Crippen LogP contribution in [0, 0.1) is 11.6 Å². The summed E-state index contributed by atoms with van der Waals surface area (Å²) in [6.45, 7) is 2.33. The molecule has 0 spiro atoms. The van der Waals surface area contributed by atoms with Crippen LogP contribution in [0.3, 0.4) is 0 Å². The van der Waals surface area contributed by atoms with Crippen LogP contribution in [0.25, 0.3) is 0 Å². The Kier molecular flexibility index (Phi) is 5.80. The van der Waals surface area contributed by atoms with Crippen molar-refractivity contribution in [3.63, 3.8) is 0 Å². The maximum Gasteiger partial charge on any atom is 0.240 e. The van der Waals surface area contributed by atoms with Gasteiger partial charge in [-0.1, -0.05) is 0 Å². The predicted octanol–water partition coefficient (Wildman–Crippen LogP) is 0.213. The highest BCUT2D eigenvalue weighted by atomic mass is 32.2. The number of aliphatic hydroxyl groups excluding tert-OH is 1. The summed E-state index contributed by atoms with van der Waals surface area (Å²) in [6, 6.07) is 2.38. The molecule has 0 bridgehead atoms. The highest BCUT2D eigenvalue weighted by molar-refractivity contribution is 7.89. The molecule has 0 fully saturated rings. The van der Waals surface area contributed by atoms with Crippen LogP contribution in [0.2, 0.25) is 0 Å². The molecular formula is C11H16F2N2O3S. The topological polar surface area (TPSA) is 78.4 Å². The van der Waals surface area contributed by atoms with Gasteiger partial charge in [-0.15, -0.1) is 0 Å². The van der Waals surface area contributed by atoms with Crippen LogP contribution in [0.4, 0.5) is 8.78 Å². The Balaban J connectivity index is 2.54. The van der Waals surface area contributed by atoms with Crippen LogP contribution in [-0.4, -0.2) is 39.3 Å². The van der Waals surface area contributed by atoms with Gasteiger partial charge >= 0.3 is 0 Å². The molecular weight excluding hydrogens is 278 g/mol. The zero-order valence-electron chi connectivity index (χ0n) is 10.4. The van der Waals surface area contributed by atoms with Gasteiger partial charge in [-0.25, -0.2) is 21.9 Å². The van der Waals surface area contributed by atoms with Crippen molar-refractivity contribution < 1.29 is 22.3 Å². The summed E-state index contributed by atoms with van der Waals surface area (Å²) in [5.74, 6) is -2.31. The van der Waals surface area contributed by atoms with E-state index in [1.807, 2.05) is 0 Å². The molecule has 8 heteroatoms. The maximum absolute atomic E-state index is 12.9. The third kappa shape index (κ3) is 5.19. The van der Waals surface area contributed by atoms with E-state index in [1.54, 1.807) is 6.92 Å². The molecule has 0 aliphatic heterocycles. The van der Waals surface area contributed by atoms with E-state index in [-0.39, 0.29) is 11.4 Å². The first kappa shape index (κ1) is 16.0. The second kappa shape index (κ2) is 6.90. The Morgan fingerprint density at radius 2 is 1.95 bits per heavy atom. The number of benzene rings is 1. The Labute approximate surface area is 110 Å². The average molecular weight is 294 g/mol. The molecule has 3 N–H and O–H groups in total. The molecule has 0 radical (unpaired) electrons. The lowest BCUT2D eigenvalue weighted by Crippen LogP contribution is -2.34. The molecule has 19 heavy (non-hydrogen) atoms. The number of aliphatic hydroxyl groups is 1. The Morgan fingerprint density at radius 3 is 2.53 bits per heavy atom. The van der Waals surface area contributed by atoms with Crippen molar-refractivity contribution in [3.05, 3.63) is 29.8 Å². The number of nitrogens with one attached hydrogen (secondary N) is 2. The Bertz CT molecular complexity index is 521. The second-order valence-corrected chi connectivity index (χ2v) is 5.79. The molecule has 0 aliphatic rings. The summed E-state index contributed by atoms with van der Waals surface area (Å²) in [5.41, 5.74) is 0. The molecule has 5 nitrogen and oxygen atoms in total. The summed E-state index contributed by atoms with van der Waals surface area (Å²) >= 11 is 0. The third-order valence-electron chi connectivity index (χ3n) is 2.23. The Hall–Kier alpha value is -1.09. The molecule has 1 atom stereocenters. The number of hydrogen-bond donors (Lipinski definition) is 3. The largest absolute Gasteiger partial charge is 0.392 e. The van der Waals surface area contributed by atoms with Gasteiger partial charge in [0.05, 0.1) is 11.0 Å². The molecule has 0 saturated carbocycles. The maximum atomic E-state index is 12.9. The minimum absolute atomic E-state index is 0.0774. The van der Waals surface area contributed by atoms with Crippen molar-refractivity contribution in [1.29, 1.82) is 0 Å². The summed E-state index contributed by atoms with van der Waals surface area (Å²) < 4.78 is 51.3. The fourth-order valence-electron chi connectivity index (χ4n) is 1.31. The van der Waals surface area contributed by atoms with Crippen molar-refractivity contribution in [1.82, 2.24) is 10.0 Å². The van der Waals surface area contributed by atoms with Gasteiger partial charge < -0.3 is 10.4 Å². The zero-order chi connectivity index (χ0) is 14.5. The van der Waals surface area contributed by atoms with Crippen LogP contribution in [0.1, 0.15) is 6.92 Å². The number of rotatable bonds is 7. The van der Waals surface area contributed by atoms with E-state index in [0.717, 1.165) is 12.1 Å². The monoisotopic (exact) mass is 294 g/mol. The lowest BCUT2D eigenvalue weighted by Gasteiger charge is -2.09. The molecule has 1 aromatic rings. The highest BCUT2D eigenvalue weighted by Crippen LogP contribution is 2.13. The average Bonchev–Trinajstić information content (AvgIpc) is 2.31. The molecule has 0 saturated heterocycles. The molecule has 0 amide bonds. The minimum Gasteiger partial charge on any atom is -0.392 e. The van der Waals surface area contributed by atoms with Crippen LogP contribution >= 0.6 is 0 Å². The molecule has 0 heterocycles. The van der Waals surface area contributed by atoms with E-state index in [0.29, 0.717) is 19.2 Å². The smallest absolute Gasteiger partial charge is 0.240 e. The van der Waals surface area contributed by atoms with Gasteiger partial charge in [0, 0.05) is 19.6 Å². The zero-order valence-corrected chi connectivity index (χ0v) is 11.2. The van der Waals surface area contributed by atoms with E-state index in [1.165, 1.54) is 0 Å². The lowest BCUT2D eigenvalue weighted by atomic mass is 10.3. The van der Waals surface area contributed by atoms with Gasteiger partial charge in [-0.3, -0.25) is 0 Å². The van der Waals surface area contributed by atoms with E-state index < -0.39 is 27.8 Å². The molecule has 0 aliphatic carbocycles. The summed E-state index contributed by atoms with van der Waals surface area (Å²) in [4.78, 5) is -0.332. The summed E-state index contributed by atoms with van der Waals surface area (Å²) in [7, 11) is -3.86. The molecule has 1 aromatic carbocycles. The van der Waals surface area contributed by atoms with Crippen LogP contribution in [0.5, 0.6) is 0 Å². The van der Waals surface area contributed by atoms with Gasteiger partial charge in [-0.2, -0.15) is 0 Å². The van der Waals surface area contributed by atoms with Crippen LogP contribution in [0.15, 0.2) is 23.1 Å². The van der Waals surface area contributed by atoms with Gasteiger partial charge in [0.15, 0.2) is 11.6 Å². The molecule has 108 valence electrons. The lowest BCUT2D eigenvalue weighted by molar-refractivity contribution is 0.192. The van der Waals surface area contributed by atoms with Crippen LogP contribution in [-0.2, 0) is 10.0 Å². The van der Waals surface area contributed by atoms with Crippen molar-refractivity contribution >= 4 is 10.0 Å². The highest BCUT2D eigenvalue weighted by Gasteiger charge is 2.15. The van der Waals surface area contributed by atoms with E-state index >= 15 is 0 Å². The van der Waals surface area contributed by atoms with Gasteiger partial charge in [0.25, 0.3) is 0 Å². The minimum atomic E-state index is -3.86. The summed E-state index contributed by atoms with van der Waals surface area (Å²) in [6.07, 6.45) is -0.525. The normalized spacial score (nSPS) is 13.5. The van der Waals surface area contributed by atoms with Crippen molar-refractivity contribution in [2.75, 3.05) is 19.6 Å².